The Labute approximate surface area is 519 Å². The normalized spacial score (nSPS) is 12.8. The number of rotatable bonds is 15. The summed E-state index contributed by atoms with van der Waals surface area (Å²) < 4.78 is 132. The van der Waals surface area contributed by atoms with Gasteiger partial charge in [-0.3, -0.25) is 0 Å². The van der Waals surface area contributed by atoms with Crippen LogP contribution in [0.1, 0.15) is 108 Å². The van der Waals surface area contributed by atoms with Crippen molar-refractivity contribution >= 4 is 38.0 Å². The zero-order valence-corrected chi connectivity index (χ0v) is 49.0. The molecule has 0 unspecified atom stereocenters. The van der Waals surface area contributed by atoms with Crippen molar-refractivity contribution in [3.8, 4) is 63.2 Å². The molecular weight excluding hydrogens is 1310 g/mol. The number of hydrogen-bond donors (Lipinski definition) is 0. The Hall–Kier alpha value is -7.90. The van der Waals surface area contributed by atoms with Gasteiger partial charge < -0.3 is 38.2 Å². The van der Waals surface area contributed by atoms with Gasteiger partial charge in [-0.15, -0.1) is 5.10 Å². The van der Waals surface area contributed by atoms with Crippen LogP contribution in [0.2, 0.25) is 0 Å². The van der Waals surface area contributed by atoms with Gasteiger partial charge in [-0.1, -0.05) is 34.4 Å². The molecule has 0 aliphatic heterocycles. The summed E-state index contributed by atoms with van der Waals surface area (Å²) in [5, 5.41) is 10.2. The number of nitrogens with zero attached hydrogens (tertiary/aromatic N) is 16. The van der Waals surface area contributed by atoms with E-state index in [1.54, 1.807) is 47.7 Å². The minimum atomic E-state index is -4.64. The largest absolute Gasteiger partial charge is 2.00 e. The first-order valence-electron chi connectivity index (χ1n) is 25.2. The second-order valence-electron chi connectivity index (χ2n) is 18.9. The predicted octanol–water partition coefficient (Wildman–Crippen LogP) is 14.1. The van der Waals surface area contributed by atoms with E-state index in [-0.39, 0.29) is 118 Å². The summed E-state index contributed by atoms with van der Waals surface area (Å²) in [6.45, 7) is 3.97. The summed E-state index contributed by atoms with van der Waals surface area (Å²) >= 11 is 3.44. The Morgan fingerprint density at radius 2 is 0.954 bits per heavy atom. The van der Waals surface area contributed by atoms with Crippen molar-refractivity contribution < 1.29 is 69.8 Å². The maximum Gasteiger partial charge on any atom is 2.00 e. The van der Waals surface area contributed by atoms with E-state index in [0.717, 1.165) is 49.5 Å². The molecule has 12 rings (SSSR count). The molecule has 0 amide bonds. The molecule has 2 aromatic carbocycles. The van der Waals surface area contributed by atoms with Crippen LogP contribution in [-0.4, -0.2) is 99.9 Å². The zero-order valence-electron chi connectivity index (χ0n) is 45.8. The molecule has 0 spiro atoms. The van der Waals surface area contributed by atoms with Crippen LogP contribution in [0.25, 0.3) is 67.6 Å². The van der Waals surface area contributed by atoms with Crippen LogP contribution in [0, 0.1) is 26.5 Å². The average Bonchev–Trinajstić information content (AvgIpc) is 1.87. The van der Waals surface area contributed by atoms with E-state index >= 15 is 8.78 Å². The molecule has 87 heavy (non-hydrogen) atoms. The quantitative estimate of drug-likeness (QED) is 0.0532. The molecule has 0 atom stereocenters. The summed E-state index contributed by atoms with van der Waals surface area (Å²) in [6.07, 6.45) is 2.67. The maximum absolute atomic E-state index is 15.3. The molecule has 2 aliphatic carbocycles. The summed E-state index contributed by atoms with van der Waals surface area (Å²) in [7, 11) is 4.51. The van der Waals surface area contributed by atoms with Crippen molar-refractivity contribution in [2.75, 3.05) is 21.3 Å². The Morgan fingerprint density at radius 3 is 1.33 bits per heavy atom. The topological polar surface area (TPSA) is 202 Å². The van der Waals surface area contributed by atoms with Crippen LogP contribution in [0.5, 0.6) is 17.6 Å². The molecule has 19 nitrogen and oxygen atoms in total. The fourth-order valence-corrected chi connectivity index (χ4v) is 9.80. The fourth-order valence-electron chi connectivity index (χ4n) is 9.33. The first-order valence-corrected chi connectivity index (χ1v) is 26.0. The number of alkyl halides is 6. The van der Waals surface area contributed by atoms with E-state index < -0.39 is 35.4 Å². The fraction of sp³-hybridized carbons (Fsp3) is 0.345. The van der Waals surface area contributed by atoms with Gasteiger partial charge in [0.05, 0.1) is 62.3 Å². The van der Waals surface area contributed by atoms with E-state index in [2.05, 4.69) is 66.0 Å². The van der Waals surface area contributed by atoms with E-state index in [9.17, 15) is 26.3 Å². The Morgan fingerprint density at radius 1 is 0.552 bits per heavy atom. The number of aryl methyl sites for hydroxylation is 2. The van der Waals surface area contributed by atoms with Crippen LogP contribution in [0.4, 0.5) is 35.1 Å². The minimum absolute atomic E-state index is 0. The van der Waals surface area contributed by atoms with Gasteiger partial charge in [-0.25, -0.2) is 68.0 Å². The number of methoxy groups -OCH3 is 3. The minimum Gasteiger partial charge on any atom is -0.480 e. The molecule has 10 aromatic rings. The van der Waals surface area contributed by atoms with Crippen LogP contribution < -0.4 is 14.2 Å². The molecule has 2 saturated carbocycles. The maximum atomic E-state index is 15.3. The van der Waals surface area contributed by atoms with Crippen molar-refractivity contribution in [1.82, 2.24) is 78.5 Å². The monoisotopic (exact) mass is 1370 g/mol. The van der Waals surface area contributed by atoms with Gasteiger partial charge in [0.15, 0.2) is 34.3 Å². The van der Waals surface area contributed by atoms with Crippen molar-refractivity contribution in [2.24, 2.45) is 0 Å². The number of fused-ring (bicyclic) bond motifs is 2. The number of halogens is 9. The van der Waals surface area contributed by atoms with Crippen molar-refractivity contribution in [3.63, 3.8) is 0 Å². The summed E-state index contributed by atoms with van der Waals surface area (Å²) in [5.41, 5.74) is 2.61. The molecule has 8 aromatic heterocycles. The second kappa shape index (κ2) is 27.9. The van der Waals surface area contributed by atoms with Gasteiger partial charge in [0.25, 0.3) is 0 Å². The number of imidazole rings is 2. The van der Waals surface area contributed by atoms with Crippen molar-refractivity contribution in [3.05, 3.63) is 139 Å². The average molecular weight is 1370 g/mol. The SMILES string of the molecule is C.C.C.CCn1cc(C(F)(F)F)nc1-c1ccc(Cn2nc(Br)c3cnc(-c4c(OC)ncnc4C4CC4)nc32)cc1F.CCn1cc(C(F)(F)F)nc1-c1ccc(Cn2nc(OC)c3cnc(-c4c(OC)ncnc4C4CC4)nc32)cc1F.[CH3-].[CH3-].[Pd+2]. The standard InChI is InChI=1S/C27H24F4N8O2.C26H21BrF4N8O.3CH4.2CH3.Pd/c1-4-38-12-19(27(29,30)31)35-23(38)16-8-5-14(9-18(16)28)11-39-24-17(25(37-39)40-2)10-32-22(36-24)20-21(15-6-7-15)33-13-34-26(20)41-3;1-3-38-11-18(26(29,30)31)35-23(38)15-7-4-13(8-17(15)28)10-39-24-16(21(27)37-39)9-32-22(36-24)19-20(14-5-6-14)33-12-34-25(19)40-2;;;;;;/h5,8-10,12-13,15H,4,6-7,11H2,1-3H3;4,7-9,11-12,14H,3,5-6,10H2,1-2H3;3*1H4;2*1H3;/q;;;;;2*-1;+2. The molecule has 0 radical (unpaired) electrons. The van der Waals surface area contributed by atoms with E-state index in [4.69, 9.17) is 24.2 Å². The zero-order chi connectivity index (χ0) is 57.1. The van der Waals surface area contributed by atoms with E-state index in [0.29, 0.717) is 78.3 Å². The molecule has 0 bridgehead atoms. The predicted molar refractivity (Wildman–Crippen MR) is 312 cm³/mol. The van der Waals surface area contributed by atoms with Crippen LogP contribution >= 0.6 is 15.9 Å². The second-order valence-corrected chi connectivity index (χ2v) is 19.7. The van der Waals surface area contributed by atoms with Gasteiger partial charge in [0.2, 0.25) is 17.6 Å². The van der Waals surface area contributed by atoms with Gasteiger partial charge in [-0.05, 0) is 90.9 Å². The molecule has 8 heterocycles. The first-order chi connectivity index (χ1) is 38.9. The van der Waals surface area contributed by atoms with Crippen LogP contribution in [-0.2, 0) is 59.0 Å². The molecule has 466 valence electrons. The van der Waals surface area contributed by atoms with E-state index in [1.165, 1.54) is 67.4 Å². The number of benzene rings is 2. The number of aromatic nitrogens is 16. The third-order valence-electron chi connectivity index (χ3n) is 13.6. The summed E-state index contributed by atoms with van der Waals surface area (Å²) in [4.78, 5) is 43.3. The van der Waals surface area contributed by atoms with Gasteiger partial charge in [-0.2, -0.15) is 31.4 Å². The molecular formula is C58H63BrF8N16O3Pd. The molecule has 0 saturated heterocycles. The molecule has 0 N–H and O–H groups in total. The smallest absolute Gasteiger partial charge is 0.480 e. The third-order valence-corrected chi connectivity index (χ3v) is 14.2. The molecule has 29 heteroatoms. The third kappa shape index (κ3) is 13.9. The number of hydrogen-bond acceptors (Lipinski definition) is 15. The van der Waals surface area contributed by atoms with Crippen molar-refractivity contribution in [2.45, 2.75) is 112 Å². The molecule has 2 aliphatic rings. The Balaban J connectivity index is 0.000000297. The van der Waals surface area contributed by atoms with Crippen LogP contribution in [0.3, 0.4) is 0 Å². The summed E-state index contributed by atoms with van der Waals surface area (Å²) in [6, 6.07) is 8.59. The van der Waals surface area contributed by atoms with Crippen molar-refractivity contribution in [1.29, 1.82) is 0 Å². The summed E-state index contributed by atoms with van der Waals surface area (Å²) in [5.74, 6) is 0.724. The number of ether oxygens (including phenoxy) is 3. The Bertz CT molecular complexity index is 4030. The van der Waals surface area contributed by atoms with E-state index in [1.807, 2.05) is 0 Å². The Kier molecular flexibility index (Phi) is 22.4. The van der Waals surface area contributed by atoms with Gasteiger partial charge in [0, 0.05) is 49.7 Å². The first kappa shape index (κ1) is 69.9. The van der Waals surface area contributed by atoms with Crippen LogP contribution in [0.15, 0.2) is 78.4 Å². The van der Waals surface area contributed by atoms with Gasteiger partial charge in [0.1, 0.15) is 57.1 Å². The molecule has 2 fully saturated rings. The van der Waals surface area contributed by atoms with Gasteiger partial charge >= 0.3 is 32.8 Å².